The van der Waals surface area contributed by atoms with Crippen molar-refractivity contribution in [1.82, 2.24) is 4.90 Å². The molecule has 27 heavy (non-hydrogen) atoms. The van der Waals surface area contributed by atoms with Gasteiger partial charge >= 0.3 is 0 Å². The first kappa shape index (κ1) is 19.4. The number of sulfonamides is 1. The van der Waals surface area contributed by atoms with Crippen molar-refractivity contribution in [2.24, 2.45) is 0 Å². The highest BCUT2D eigenvalue weighted by Crippen LogP contribution is 2.23. The van der Waals surface area contributed by atoms with E-state index in [9.17, 15) is 18.3 Å². The van der Waals surface area contributed by atoms with Crippen LogP contribution < -0.4 is 4.31 Å². The molecule has 0 saturated carbocycles. The van der Waals surface area contributed by atoms with E-state index in [1.54, 1.807) is 53.4 Å². The topological polar surface area (TPSA) is 77.9 Å². The molecule has 1 aliphatic rings. The third kappa shape index (κ3) is 4.14. The maximum atomic E-state index is 12.8. The lowest BCUT2D eigenvalue weighted by atomic mass is 10.1. The van der Waals surface area contributed by atoms with Crippen LogP contribution in [0.4, 0.5) is 5.69 Å². The number of benzene rings is 2. The molecular formula is C20H24N2O4S. The predicted molar refractivity (Wildman–Crippen MR) is 104 cm³/mol. The smallest absolute Gasteiger partial charge is 0.264 e. The minimum atomic E-state index is -3.66. The highest BCUT2D eigenvalue weighted by molar-refractivity contribution is 7.92. The van der Waals surface area contributed by atoms with E-state index in [1.165, 1.54) is 11.4 Å². The summed E-state index contributed by atoms with van der Waals surface area (Å²) in [6, 6.07) is 13.3. The summed E-state index contributed by atoms with van der Waals surface area (Å²) in [7, 11) is -2.16. The summed E-state index contributed by atoms with van der Waals surface area (Å²) in [4.78, 5) is 14.5. The number of carbonyl (C=O) groups is 1. The zero-order valence-corrected chi connectivity index (χ0v) is 16.3. The first-order valence-electron chi connectivity index (χ1n) is 8.92. The molecule has 0 spiro atoms. The third-order valence-electron chi connectivity index (χ3n) is 4.91. The first-order valence-corrected chi connectivity index (χ1v) is 10.4. The molecule has 0 radical (unpaired) electrons. The van der Waals surface area contributed by atoms with Gasteiger partial charge in [0, 0.05) is 25.7 Å². The third-order valence-corrected chi connectivity index (χ3v) is 6.71. The lowest BCUT2D eigenvalue weighted by Crippen LogP contribution is -2.40. The van der Waals surface area contributed by atoms with Gasteiger partial charge in [-0.2, -0.15) is 0 Å². The molecule has 1 heterocycles. The minimum Gasteiger partial charge on any atom is -0.393 e. The van der Waals surface area contributed by atoms with Crippen LogP contribution in [-0.2, 0) is 10.0 Å². The second-order valence-electron chi connectivity index (χ2n) is 6.86. The number of aliphatic hydroxyl groups excluding tert-OH is 1. The summed E-state index contributed by atoms with van der Waals surface area (Å²) < 4.78 is 26.7. The molecule has 0 aliphatic carbocycles. The number of hydrogen-bond donors (Lipinski definition) is 1. The minimum absolute atomic E-state index is 0.0995. The summed E-state index contributed by atoms with van der Waals surface area (Å²) in [6.45, 7) is 2.96. The summed E-state index contributed by atoms with van der Waals surface area (Å²) >= 11 is 0. The number of nitrogens with zero attached hydrogens (tertiary/aromatic N) is 2. The normalized spacial score (nSPS) is 15.6. The van der Waals surface area contributed by atoms with Crippen LogP contribution in [0.5, 0.6) is 0 Å². The van der Waals surface area contributed by atoms with Gasteiger partial charge in [-0.15, -0.1) is 0 Å². The summed E-state index contributed by atoms with van der Waals surface area (Å²) in [5.74, 6) is -0.0995. The number of aryl methyl sites for hydroxylation is 1. The van der Waals surface area contributed by atoms with Crippen LogP contribution in [0.25, 0.3) is 0 Å². The Hall–Kier alpha value is -2.38. The van der Waals surface area contributed by atoms with Gasteiger partial charge in [0.2, 0.25) is 0 Å². The van der Waals surface area contributed by atoms with Gasteiger partial charge < -0.3 is 10.0 Å². The molecule has 2 aromatic rings. The number of carbonyl (C=O) groups excluding carboxylic acids is 1. The van der Waals surface area contributed by atoms with Crippen LogP contribution in [0.1, 0.15) is 28.8 Å². The molecule has 7 heteroatoms. The summed E-state index contributed by atoms with van der Waals surface area (Å²) in [5, 5.41) is 9.56. The van der Waals surface area contributed by atoms with Crippen molar-refractivity contribution in [3.63, 3.8) is 0 Å². The van der Waals surface area contributed by atoms with Crippen LogP contribution in [0.3, 0.4) is 0 Å². The number of aliphatic hydroxyl groups is 1. The van der Waals surface area contributed by atoms with Crippen molar-refractivity contribution in [2.75, 3.05) is 24.4 Å². The fraction of sp³-hybridized carbons (Fsp3) is 0.350. The van der Waals surface area contributed by atoms with E-state index in [0.717, 1.165) is 5.56 Å². The number of piperidine rings is 1. The van der Waals surface area contributed by atoms with Crippen LogP contribution >= 0.6 is 0 Å². The monoisotopic (exact) mass is 388 g/mol. The van der Waals surface area contributed by atoms with Gasteiger partial charge in [-0.3, -0.25) is 9.10 Å². The van der Waals surface area contributed by atoms with E-state index in [2.05, 4.69) is 0 Å². The molecule has 1 N–H and O–H groups in total. The van der Waals surface area contributed by atoms with Crippen LogP contribution in [0, 0.1) is 6.92 Å². The fourth-order valence-electron chi connectivity index (χ4n) is 3.07. The van der Waals surface area contributed by atoms with Gasteiger partial charge in [-0.05, 0) is 56.2 Å². The Labute approximate surface area is 160 Å². The maximum Gasteiger partial charge on any atom is 0.264 e. The number of amides is 1. The highest BCUT2D eigenvalue weighted by atomic mass is 32.2. The van der Waals surface area contributed by atoms with E-state index in [4.69, 9.17) is 0 Å². The molecule has 1 saturated heterocycles. The Kier molecular flexibility index (Phi) is 5.53. The van der Waals surface area contributed by atoms with Gasteiger partial charge in [0.25, 0.3) is 15.9 Å². The second kappa shape index (κ2) is 7.70. The number of anilines is 1. The molecule has 0 bridgehead atoms. The van der Waals surface area contributed by atoms with Crippen molar-refractivity contribution >= 4 is 21.6 Å². The molecule has 0 atom stereocenters. The number of hydrogen-bond acceptors (Lipinski definition) is 4. The number of rotatable bonds is 4. The Morgan fingerprint density at radius 2 is 1.59 bits per heavy atom. The first-order chi connectivity index (χ1) is 12.8. The predicted octanol–water partition coefficient (Wildman–Crippen LogP) is 2.42. The van der Waals surface area contributed by atoms with Gasteiger partial charge in [0.1, 0.15) is 0 Å². The molecule has 0 aromatic heterocycles. The molecule has 144 valence electrons. The molecular weight excluding hydrogens is 364 g/mol. The molecule has 3 rings (SSSR count). The Morgan fingerprint density at radius 3 is 2.15 bits per heavy atom. The largest absolute Gasteiger partial charge is 0.393 e. The van der Waals surface area contributed by atoms with Crippen LogP contribution in [0.2, 0.25) is 0 Å². The van der Waals surface area contributed by atoms with Gasteiger partial charge in [-0.25, -0.2) is 8.42 Å². The zero-order valence-electron chi connectivity index (χ0n) is 15.5. The summed E-state index contributed by atoms with van der Waals surface area (Å²) in [5.41, 5.74) is 1.99. The maximum absolute atomic E-state index is 12.8. The molecule has 6 nitrogen and oxygen atoms in total. The molecule has 2 aromatic carbocycles. The van der Waals surface area contributed by atoms with Crippen molar-refractivity contribution in [3.05, 3.63) is 59.7 Å². The van der Waals surface area contributed by atoms with E-state index in [0.29, 0.717) is 37.2 Å². The van der Waals surface area contributed by atoms with Crippen molar-refractivity contribution in [1.29, 1.82) is 0 Å². The summed E-state index contributed by atoms with van der Waals surface area (Å²) in [6.07, 6.45) is 0.833. The van der Waals surface area contributed by atoms with E-state index >= 15 is 0 Å². The van der Waals surface area contributed by atoms with Crippen LogP contribution in [0.15, 0.2) is 53.4 Å². The standard InChI is InChI=1S/C20H24N2O4S/c1-15-3-9-19(10-4-15)27(25,26)21(2)17-7-5-16(6-8-17)20(24)22-13-11-18(23)12-14-22/h3-10,18,23H,11-14H2,1-2H3. The van der Waals surface area contributed by atoms with Crippen molar-refractivity contribution in [3.8, 4) is 0 Å². The Balaban J connectivity index is 1.76. The quantitative estimate of drug-likeness (QED) is 0.873. The lowest BCUT2D eigenvalue weighted by molar-refractivity contribution is 0.0546. The average Bonchev–Trinajstić information content (AvgIpc) is 2.68. The van der Waals surface area contributed by atoms with Crippen LogP contribution in [-0.4, -0.2) is 50.6 Å². The Bertz CT molecular complexity index is 900. The highest BCUT2D eigenvalue weighted by Gasteiger charge is 2.24. The number of likely N-dealkylation sites (tertiary alicyclic amines) is 1. The van der Waals surface area contributed by atoms with E-state index in [1.807, 2.05) is 6.92 Å². The van der Waals surface area contributed by atoms with Gasteiger partial charge in [0.05, 0.1) is 16.7 Å². The van der Waals surface area contributed by atoms with E-state index in [-0.39, 0.29) is 16.9 Å². The molecule has 1 fully saturated rings. The van der Waals surface area contributed by atoms with Gasteiger partial charge in [0.15, 0.2) is 0 Å². The Morgan fingerprint density at radius 1 is 1.04 bits per heavy atom. The van der Waals surface area contributed by atoms with Gasteiger partial charge in [-0.1, -0.05) is 17.7 Å². The molecule has 1 amide bonds. The lowest BCUT2D eigenvalue weighted by Gasteiger charge is -2.29. The average molecular weight is 388 g/mol. The zero-order chi connectivity index (χ0) is 19.6. The van der Waals surface area contributed by atoms with Crippen molar-refractivity contribution in [2.45, 2.75) is 30.8 Å². The SMILES string of the molecule is Cc1ccc(S(=O)(=O)N(C)c2ccc(C(=O)N3CCC(O)CC3)cc2)cc1. The molecule has 0 unspecified atom stereocenters. The van der Waals surface area contributed by atoms with E-state index < -0.39 is 10.0 Å². The fourth-order valence-corrected chi connectivity index (χ4v) is 4.27. The second-order valence-corrected chi connectivity index (χ2v) is 8.83. The van der Waals surface area contributed by atoms with Crippen molar-refractivity contribution < 1.29 is 18.3 Å². The molecule has 1 aliphatic heterocycles.